The van der Waals surface area contributed by atoms with Crippen LogP contribution >= 0.6 is 27.7 Å². The monoisotopic (exact) mass is 356 g/mol. The highest BCUT2D eigenvalue weighted by Gasteiger charge is 2.27. The van der Waals surface area contributed by atoms with Gasteiger partial charge in [0.25, 0.3) is 5.91 Å². The molecule has 1 aliphatic rings. The molecular formula is C15H21BrN2OS. The number of hydrogen-bond donors (Lipinski definition) is 0. The number of nitrogens with zero attached hydrogens (tertiary/aromatic N) is 2. The van der Waals surface area contributed by atoms with Crippen molar-refractivity contribution in [3.05, 3.63) is 32.8 Å². The maximum Gasteiger partial charge on any atom is 0.266 e. The standard InChI is InChI=1S/C15H21BrN2OS/c1-6-10(4)14(20-5)17-13-11(7-2)9-12(16)15(19)18(13)8-3/h7,9H,6,8H2,1-5H3/b11-7-,14-10?,17-13+. The average Bonchev–Trinajstić information content (AvgIpc) is 2.47. The summed E-state index contributed by atoms with van der Waals surface area (Å²) < 4.78 is 0.577. The van der Waals surface area contributed by atoms with E-state index in [1.54, 1.807) is 16.7 Å². The molecular weight excluding hydrogens is 336 g/mol. The third-order valence-corrected chi connectivity index (χ3v) is 4.56. The zero-order valence-corrected chi connectivity index (χ0v) is 15.1. The van der Waals surface area contributed by atoms with E-state index in [1.165, 1.54) is 5.57 Å². The molecule has 0 fully saturated rings. The van der Waals surface area contributed by atoms with Crippen LogP contribution in [0.15, 0.2) is 37.8 Å². The molecule has 110 valence electrons. The molecule has 5 heteroatoms. The van der Waals surface area contributed by atoms with Crippen molar-refractivity contribution in [1.29, 1.82) is 0 Å². The zero-order valence-electron chi connectivity index (χ0n) is 12.7. The summed E-state index contributed by atoms with van der Waals surface area (Å²) in [6, 6.07) is 0. The van der Waals surface area contributed by atoms with Gasteiger partial charge in [-0.3, -0.25) is 9.69 Å². The highest BCUT2D eigenvalue weighted by atomic mass is 79.9. The third-order valence-electron chi connectivity index (χ3n) is 3.17. The predicted octanol–water partition coefficient (Wildman–Crippen LogP) is 4.48. The topological polar surface area (TPSA) is 32.7 Å². The van der Waals surface area contributed by atoms with Gasteiger partial charge in [-0.2, -0.15) is 0 Å². The molecule has 0 aliphatic carbocycles. The Morgan fingerprint density at radius 2 is 2.15 bits per heavy atom. The zero-order chi connectivity index (χ0) is 15.3. The maximum absolute atomic E-state index is 12.2. The lowest BCUT2D eigenvalue weighted by Gasteiger charge is -2.27. The number of amidine groups is 1. The lowest BCUT2D eigenvalue weighted by molar-refractivity contribution is -0.122. The summed E-state index contributed by atoms with van der Waals surface area (Å²) in [5.41, 5.74) is 2.20. The van der Waals surface area contributed by atoms with Crippen molar-refractivity contribution in [3.8, 4) is 0 Å². The minimum Gasteiger partial charge on any atom is -0.292 e. The van der Waals surface area contributed by atoms with Gasteiger partial charge in [0.2, 0.25) is 0 Å². The number of amides is 1. The van der Waals surface area contributed by atoms with Crippen LogP contribution < -0.4 is 0 Å². The quantitative estimate of drug-likeness (QED) is 0.743. The Kier molecular flexibility index (Phi) is 6.76. The number of aliphatic imine (C=N–C) groups is 1. The molecule has 1 amide bonds. The first-order valence-electron chi connectivity index (χ1n) is 6.68. The van der Waals surface area contributed by atoms with Crippen LogP contribution in [0.2, 0.25) is 0 Å². The van der Waals surface area contributed by atoms with Gasteiger partial charge in [-0.15, -0.1) is 11.8 Å². The normalized spacial score (nSPS) is 21.4. The number of carbonyl (C=O) groups is 1. The number of hydrogen-bond acceptors (Lipinski definition) is 3. The molecule has 1 rings (SSSR count). The molecule has 0 aromatic rings. The lowest BCUT2D eigenvalue weighted by atomic mass is 10.1. The van der Waals surface area contributed by atoms with Gasteiger partial charge in [-0.1, -0.05) is 13.0 Å². The summed E-state index contributed by atoms with van der Waals surface area (Å²) in [7, 11) is 0. The van der Waals surface area contributed by atoms with E-state index in [9.17, 15) is 4.79 Å². The van der Waals surface area contributed by atoms with Crippen molar-refractivity contribution in [2.75, 3.05) is 12.8 Å². The van der Waals surface area contributed by atoms with E-state index in [0.717, 1.165) is 22.9 Å². The third kappa shape index (κ3) is 3.64. The number of rotatable bonds is 4. The van der Waals surface area contributed by atoms with Crippen molar-refractivity contribution in [2.24, 2.45) is 4.99 Å². The van der Waals surface area contributed by atoms with Gasteiger partial charge in [0, 0.05) is 12.1 Å². The van der Waals surface area contributed by atoms with E-state index in [1.807, 2.05) is 32.3 Å². The van der Waals surface area contributed by atoms with E-state index in [2.05, 4.69) is 29.8 Å². The first kappa shape index (κ1) is 17.2. The highest BCUT2D eigenvalue weighted by Crippen LogP contribution is 2.27. The fraction of sp³-hybridized carbons (Fsp3) is 0.467. The molecule has 0 radical (unpaired) electrons. The molecule has 0 N–H and O–H groups in total. The maximum atomic E-state index is 12.2. The number of halogens is 1. The number of allylic oxidation sites excluding steroid dienone is 2. The molecule has 20 heavy (non-hydrogen) atoms. The largest absolute Gasteiger partial charge is 0.292 e. The van der Waals surface area contributed by atoms with E-state index >= 15 is 0 Å². The second kappa shape index (κ2) is 7.84. The predicted molar refractivity (Wildman–Crippen MR) is 92.1 cm³/mol. The molecule has 0 bridgehead atoms. The van der Waals surface area contributed by atoms with Crippen LogP contribution in [0.3, 0.4) is 0 Å². The average molecular weight is 357 g/mol. The van der Waals surface area contributed by atoms with E-state index in [4.69, 9.17) is 4.99 Å². The van der Waals surface area contributed by atoms with Gasteiger partial charge < -0.3 is 0 Å². The molecule has 3 nitrogen and oxygen atoms in total. The summed E-state index contributed by atoms with van der Waals surface area (Å²) in [5, 5.41) is 0.986. The van der Waals surface area contributed by atoms with E-state index in [-0.39, 0.29) is 5.91 Å². The highest BCUT2D eigenvalue weighted by molar-refractivity contribution is 9.12. The fourth-order valence-corrected chi connectivity index (χ4v) is 2.97. The summed E-state index contributed by atoms with van der Waals surface area (Å²) >= 11 is 4.94. The summed E-state index contributed by atoms with van der Waals surface area (Å²) in [6.45, 7) is 8.72. The van der Waals surface area contributed by atoms with E-state index < -0.39 is 0 Å². The van der Waals surface area contributed by atoms with Crippen LogP contribution in [0.4, 0.5) is 0 Å². The molecule has 0 saturated carbocycles. The molecule has 0 atom stereocenters. The molecule has 0 spiro atoms. The minimum absolute atomic E-state index is 0.0357. The molecule has 0 unspecified atom stereocenters. The molecule has 0 aromatic carbocycles. The van der Waals surface area contributed by atoms with Gasteiger partial charge in [-0.05, 0) is 61.0 Å². The second-order valence-electron chi connectivity index (χ2n) is 4.36. The SMILES string of the molecule is C/C=C1/C=C(Br)C(=O)N(CC)/C1=N/C(SC)=C(C)CC. The Bertz CT molecular complexity index is 518. The molecule has 0 aromatic heterocycles. The van der Waals surface area contributed by atoms with Crippen molar-refractivity contribution >= 4 is 39.4 Å². The van der Waals surface area contributed by atoms with Gasteiger partial charge in [0.1, 0.15) is 5.84 Å². The van der Waals surface area contributed by atoms with Gasteiger partial charge in [0.15, 0.2) is 0 Å². The van der Waals surface area contributed by atoms with Crippen LogP contribution in [0, 0.1) is 0 Å². The molecule has 1 aliphatic heterocycles. The molecule has 1 heterocycles. The van der Waals surface area contributed by atoms with Crippen molar-refractivity contribution < 1.29 is 4.79 Å². The number of carbonyl (C=O) groups excluding carboxylic acids is 1. The minimum atomic E-state index is -0.0357. The Hall–Kier alpha value is -0.810. The molecule has 0 saturated heterocycles. The van der Waals surface area contributed by atoms with Crippen molar-refractivity contribution in [1.82, 2.24) is 4.90 Å². The first-order chi connectivity index (χ1) is 9.49. The summed E-state index contributed by atoms with van der Waals surface area (Å²) in [6.07, 6.45) is 6.79. The van der Waals surface area contributed by atoms with Crippen LogP contribution in [-0.4, -0.2) is 29.4 Å². The van der Waals surface area contributed by atoms with Crippen LogP contribution in [0.25, 0.3) is 0 Å². The number of thioether (sulfide) groups is 1. The Morgan fingerprint density at radius 1 is 1.50 bits per heavy atom. The number of likely N-dealkylation sites (N-methyl/N-ethyl adjacent to an activating group) is 1. The van der Waals surface area contributed by atoms with Crippen LogP contribution in [0.1, 0.15) is 34.1 Å². The van der Waals surface area contributed by atoms with Crippen molar-refractivity contribution in [3.63, 3.8) is 0 Å². The Labute approximate surface area is 134 Å². The lowest BCUT2D eigenvalue weighted by Crippen LogP contribution is -2.40. The van der Waals surface area contributed by atoms with Gasteiger partial charge in [-0.25, -0.2) is 4.99 Å². The summed E-state index contributed by atoms with van der Waals surface area (Å²) in [5.74, 6) is 0.701. The smallest absolute Gasteiger partial charge is 0.266 e. The van der Waals surface area contributed by atoms with Crippen molar-refractivity contribution in [2.45, 2.75) is 34.1 Å². The first-order valence-corrected chi connectivity index (χ1v) is 8.70. The van der Waals surface area contributed by atoms with E-state index in [0.29, 0.717) is 11.0 Å². The van der Waals surface area contributed by atoms with Crippen LogP contribution in [0.5, 0.6) is 0 Å². The van der Waals surface area contributed by atoms with Gasteiger partial charge >= 0.3 is 0 Å². The van der Waals surface area contributed by atoms with Gasteiger partial charge in [0.05, 0.1) is 9.51 Å². The van der Waals surface area contributed by atoms with Crippen LogP contribution in [-0.2, 0) is 4.79 Å². The Morgan fingerprint density at radius 3 is 2.60 bits per heavy atom. The summed E-state index contributed by atoms with van der Waals surface area (Å²) in [4.78, 5) is 18.7. The second-order valence-corrected chi connectivity index (χ2v) is 6.01. The fourth-order valence-electron chi connectivity index (χ4n) is 1.84. The Balaban J connectivity index is 3.41.